The number of carbonyl (C=O) groups excluding carboxylic acids is 1. The van der Waals surface area contributed by atoms with Gasteiger partial charge in [-0.05, 0) is 86.0 Å². The van der Waals surface area contributed by atoms with Gasteiger partial charge < -0.3 is 4.74 Å². The molecule has 39 heavy (non-hydrogen) atoms. The molecule has 5 unspecified atom stereocenters. The van der Waals surface area contributed by atoms with Crippen molar-refractivity contribution in [2.75, 3.05) is 0 Å². The minimum atomic E-state index is 0.00123. The van der Waals surface area contributed by atoms with Crippen molar-refractivity contribution in [1.82, 2.24) is 0 Å². The topological polar surface area (TPSA) is 26.3 Å². The van der Waals surface area contributed by atoms with E-state index < -0.39 is 0 Å². The van der Waals surface area contributed by atoms with Gasteiger partial charge in [0, 0.05) is 12.8 Å². The van der Waals surface area contributed by atoms with Crippen LogP contribution in [0.5, 0.6) is 0 Å². The monoisotopic (exact) mass is 538 g/mol. The lowest BCUT2D eigenvalue weighted by molar-refractivity contribution is -0.149. The largest absolute Gasteiger partial charge is 0.462 e. The van der Waals surface area contributed by atoms with Gasteiger partial charge in [0.2, 0.25) is 0 Å². The van der Waals surface area contributed by atoms with E-state index in [1.54, 1.807) is 5.57 Å². The fourth-order valence-electron chi connectivity index (χ4n) is 8.22. The molecule has 0 aromatic rings. The van der Waals surface area contributed by atoms with Crippen molar-refractivity contribution in [3.63, 3.8) is 0 Å². The molecule has 0 heterocycles. The van der Waals surface area contributed by atoms with Gasteiger partial charge in [0.1, 0.15) is 6.10 Å². The highest BCUT2D eigenvalue weighted by molar-refractivity contribution is 5.69. The first kappa shape index (κ1) is 32.2. The number of hydrogen-bond donors (Lipinski definition) is 0. The maximum atomic E-state index is 12.5. The third kappa shape index (κ3) is 9.64. The van der Waals surface area contributed by atoms with Crippen molar-refractivity contribution in [2.45, 2.75) is 163 Å². The molecule has 3 aliphatic rings. The molecule has 0 radical (unpaired) electrons. The second kappa shape index (κ2) is 16.2. The number of fused-ring (bicyclic) bond motifs is 1. The summed E-state index contributed by atoms with van der Waals surface area (Å²) in [5.41, 5.74) is 4.70. The molecule has 3 fully saturated rings. The zero-order valence-electron chi connectivity index (χ0n) is 26.5. The standard InChI is InChI=1S/C37H62O2/c1-7-8-9-10-11-12-13-19-36(38)39-33-23-20-29(4)32(27-33)22-21-31-18-15-26-37(6)34(24-25-35(31)37)30(5)17-14-16-28(2)3/h21-22,28,30,33-35H,4,7-20,23-27H2,1-3,5-6H3. The van der Waals surface area contributed by atoms with E-state index in [0.29, 0.717) is 11.8 Å². The summed E-state index contributed by atoms with van der Waals surface area (Å²) in [6.07, 6.45) is 27.6. The van der Waals surface area contributed by atoms with Gasteiger partial charge in [-0.3, -0.25) is 4.79 Å². The van der Waals surface area contributed by atoms with E-state index in [2.05, 4.69) is 53.3 Å². The van der Waals surface area contributed by atoms with E-state index >= 15 is 0 Å². The molecule has 3 aliphatic carbocycles. The van der Waals surface area contributed by atoms with Crippen LogP contribution in [0.15, 0.2) is 35.5 Å². The Kier molecular flexibility index (Phi) is 13.4. The molecule has 0 aromatic carbocycles. The highest BCUT2D eigenvalue weighted by Gasteiger charge is 2.50. The van der Waals surface area contributed by atoms with E-state index in [4.69, 9.17) is 4.74 Å². The molecule has 2 heteroatoms. The van der Waals surface area contributed by atoms with Crippen molar-refractivity contribution in [2.24, 2.45) is 29.1 Å². The fourth-order valence-corrected chi connectivity index (χ4v) is 8.22. The maximum absolute atomic E-state index is 12.5. The van der Waals surface area contributed by atoms with Crippen LogP contribution in [0.2, 0.25) is 0 Å². The normalized spacial score (nSPS) is 30.2. The molecule has 0 saturated heterocycles. The van der Waals surface area contributed by atoms with Gasteiger partial charge in [-0.2, -0.15) is 0 Å². The Labute approximate surface area is 242 Å². The Balaban J connectivity index is 1.52. The van der Waals surface area contributed by atoms with E-state index in [9.17, 15) is 4.79 Å². The maximum Gasteiger partial charge on any atom is 0.306 e. The average Bonchev–Trinajstić information content (AvgIpc) is 3.25. The molecular formula is C37H62O2. The molecule has 3 saturated carbocycles. The number of rotatable bonds is 15. The molecule has 0 aromatic heterocycles. The van der Waals surface area contributed by atoms with Crippen LogP contribution in [0, 0.1) is 29.1 Å². The first-order valence-electron chi connectivity index (χ1n) is 17.0. The van der Waals surface area contributed by atoms with Gasteiger partial charge in [-0.1, -0.05) is 122 Å². The molecule has 2 nitrogen and oxygen atoms in total. The van der Waals surface area contributed by atoms with Crippen molar-refractivity contribution in [3.8, 4) is 0 Å². The Hall–Kier alpha value is -1.31. The van der Waals surface area contributed by atoms with Crippen molar-refractivity contribution in [1.29, 1.82) is 0 Å². The van der Waals surface area contributed by atoms with E-state index in [1.165, 1.54) is 94.6 Å². The first-order valence-corrected chi connectivity index (χ1v) is 17.0. The van der Waals surface area contributed by atoms with Crippen LogP contribution in [0.4, 0.5) is 0 Å². The number of unbranched alkanes of at least 4 members (excludes halogenated alkanes) is 6. The molecule has 222 valence electrons. The zero-order chi connectivity index (χ0) is 28.3. The van der Waals surface area contributed by atoms with E-state index in [0.717, 1.165) is 55.8 Å². The Bertz CT molecular complexity index is 832. The quantitative estimate of drug-likeness (QED) is 0.153. The second-order valence-electron chi connectivity index (χ2n) is 14.2. The van der Waals surface area contributed by atoms with Crippen LogP contribution in [0.25, 0.3) is 0 Å². The minimum absolute atomic E-state index is 0.00123. The SMILES string of the molecule is C=C1CCC(OC(=O)CCCCCCCCC)CC1=CC=C1CCCC2(C)C1CCC2C(C)CCCC(C)C. The summed E-state index contributed by atoms with van der Waals surface area (Å²) in [6.45, 7) is 16.5. The van der Waals surface area contributed by atoms with Crippen molar-refractivity contribution >= 4 is 5.97 Å². The third-order valence-electron chi connectivity index (χ3n) is 10.6. The Morgan fingerprint density at radius 1 is 0.974 bits per heavy atom. The van der Waals surface area contributed by atoms with Crippen LogP contribution in [-0.4, -0.2) is 12.1 Å². The number of carbonyl (C=O) groups is 1. The van der Waals surface area contributed by atoms with E-state index in [1.807, 2.05) is 0 Å². The summed E-state index contributed by atoms with van der Waals surface area (Å²) in [5.74, 6) is 3.28. The summed E-state index contributed by atoms with van der Waals surface area (Å²) < 4.78 is 5.94. The Morgan fingerprint density at radius 2 is 1.72 bits per heavy atom. The number of ether oxygens (including phenoxy) is 1. The number of hydrogen-bond acceptors (Lipinski definition) is 2. The molecule has 0 aliphatic heterocycles. The van der Waals surface area contributed by atoms with Crippen LogP contribution in [0.1, 0.15) is 157 Å². The summed E-state index contributed by atoms with van der Waals surface area (Å²) >= 11 is 0. The molecular weight excluding hydrogens is 476 g/mol. The van der Waals surface area contributed by atoms with E-state index in [-0.39, 0.29) is 12.1 Å². The Morgan fingerprint density at radius 3 is 2.46 bits per heavy atom. The molecule has 5 atom stereocenters. The predicted molar refractivity (Wildman–Crippen MR) is 168 cm³/mol. The lowest BCUT2D eigenvalue weighted by Gasteiger charge is -2.44. The first-order chi connectivity index (χ1) is 18.7. The average molecular weight is 539 g/mol. The van der Waals surface area contributed by atoms with Gasteiger partial charge in [-0.15, -0.1) is 0 Å². The van der Waals surface area contributed by atoms with Crippen LogP contribution in [-0.2, 0) is 9.53 Å². The van der Waals surface area contributed by atoms with Crippen LogP contribution >= 0.6 is 0 Å². The van der Waals surface area contributed by atoms with Gasteiger partial charge in [0.25, 0.3) is 0 Å². The molecule has 0 N–H and O–H groups in total. The fraction of sp³-hybridized carbons (Fsp3) is 0.811. The highest BCUT2D eigenvalue weighted by atomic mass is 16.5. The van der Waals surface area contributed by atoms with Gasteiger partial charge in [-0.25, -0.2) is 0 Å². The minimum Gasteiger partial charge on any atom is -0.462 e. The van der Waals surface area contributed by atoms with Crippen molar-refractivity contribution in [3.05, 3.63) is 35.5 Å². The third-order valence-corrected chi connectivity index (χ3v) is 10.6. The number of allylic oxidation sites excluding steroid dienone is 4. The second-order valence-corrected chi connectivity index (χ2v) is 14.2. The van der Waals surface area contributed by atoms with Crippen LogP contribution < -0.4 is 0 Å². The zero-order valence-corrected chi connectivity index (χ0v) is 26.5. The molecule has 0 bridgehead atoms. The summed E-state index contributed by atoms with van der Waals surface area (Å²) in [7, 11) is 0. The lowest BCUT2D eigenvalue weighted by atomic mass is 9.60. The smallest absolute Gasteiger partial charge is 0.306 e. The summed E-state index contributed by atoms with van der Waals surface area (Å²) in [5, 5.41) is 0. The van der Waals surface area contributed by atoms with Gasteiger partial charge in [0.15, 0.2) is 0 Å². The molecule has 3 rings (SSSR count). The predicted octanol–water partition coefficient (Wildman–Crippen LogP) is 11.3. The molecule has 0 amide bonds. The number of esters is 1. The summed E-state index contributed by atoms with van der Waals surface area (Å²) in [6, 6.07) is 0. The molecule has 0 spiro atoms. The van der Waals surface area contributed by atoms with Crippen molar-refractivity contribution < 1.29 is 9.53 Å². The van der Waals surface area contributed by atoms with Gasteiger partial charge >= 0.3 is 5.97 Å². The highest BCUT2D eigenvalue weighted by Crippen LogP contribution is 2.60. The summed E-state index contributed by atoms with van der Waals surface area (Å²) in [4.78, 5) is 12.5. The van der Waals surface area contributed by atoms with Crippen LogP contribution in [0.3, 0.4) is 0 Å². The van der Waals surface area contributed by atoms with Gasteiger partial charge in [0.05, 0.1) is 0 Å². The lowest BCUT2D eigenvalue weighted by Crippen LogP contribution is -2.36.